The molecule has 6 heteroatoms. The zero-order chi connectivity index (χ0) is 22.5. The molecule has 31 heavy (non-hydrogen) atoms. The zero-order valence-corrected chi connectivity index (χ0v) is 19.2. The molecule has 3 rings (SSSR count). The molecular formula is C25H31N5O. The first-order valence-corrected chi connectivity index (χ1v) is 10.5. The first-order valence-electron chi connectivity index (χ1n) is 10.5. The van der Waals surface area contributed by atoms with Crippen LogP contribution in [0, 0.1) is 34.6 Å². The van der Waals surface area contributed by atoms with Crippen LogP contribution in [0.4, 0.5) is 5.69 Å². The van der Waals surface area contributed by atoms with Gasteiger partial charge in [-0.1, -0.05) is 29.3 Å². The quantitative estimate of drug-likeness (QED) is 0.477. The van der Waals surface area contributed by atoms with Crippen molar-refractivity contribution in [3.05, 3.63) is 81.7 Å². The van der Waals surface area contributed by atoms with E-state index in [0.717, 1.165) is 40.2 Å². The van der Waals surface area contributed by atoms with Crippen molar-refractivity contribution < 1.29 is 4.79 Å². The van der Waals surface area contributed by atoms with Gasteiger partial charge in [-0.2, -0.15) is 5.10 Å². The van der Waals surface area contributed by atoms with Crippen LogP contribution >= 0.6 is 0 Å². The lowest BCUT2D eigenvalue weighted by molar-refractivity contribution is 0.0976. The Balaban J connectivity index is 1.81. The number of hydrogen-bond acceptors (Lipinski definition) is 3. The number of nitrogens with zero attached hydrogens (tertiary/aromatic N) is 3. The predicted molar refractivity (Wildman–Crippen MR) is 127 cm³/mol. The first-order chi connectivity index (χ1) is 14.7. The number of anilines is 1. The number of benzene rings is 2. The van der Waals surface area contributed by atoms with Crippen LogP contribution in [0.3, 0.4) is 0 Å². The first kappa shape index (κ1) is 22.3. The van der Waals surface area contributed by atoms with Crippen LogP contribution in [0.1, 0.15) is 44.0 Å². The van der Waals surface area contributed by atoms with Crippen LogP contribution in [0.5, 0.6) is 0 Å². The molecule has 1 aromatic heterocycles. The second kappa shape index (κ2) is 9.60. The number of aliphatic imine (C=N–C) groups is 1. The summed E-state index contributed by atoms with van der Waals surface area (Å²) in [5, 5.41) is 10.7. The lowest BCUT2D eigenvalue weighted by Crippen LogP contribution is -2.36. The van der Waals surface area contributed by atoms with Crippen LogP contribution in [0.25, 0.3) is 0 Å². The lowest BCUT2D eigenvalue weighted by Gasteiger charge is -2.13. The number of guanidine groups is 1. The molecule has 0 atom stereocenters. The van der Waals surface area contributed by atoms with Gasteiger partial charge in [0.25, 0.3) is 5.91 Å². The van der Waals surface area contributed by atoms with Gasteiger partial charge in [-0.3, -0.25) is 19.8 Å². The van der Waals surface area contributed by atoms with Crippen LogP contribution in [-0.2, 0) is 13.5 Å². The van der Waals surface area contributed by atoms with Crippen molar-refractivity contribution in [3.8, 4) is 0 Å². The van der Waals surface area contributed by atoms with Gasteiger partial charge in [-0.15, -0.1) is 0 Å². The highest BCUT2D eigenvalue weighted by molar-refractivity contribution is 6.10. The van der Waals surface area contributed by atoms with Crippen molar-refractivity contribution in [1.82, 2.24) is 15.1 Å². The average Bonchev–Trinajstić information content (AvgIpc) is 2.93. The summed E-state index contributed by atoms with van der Waals surface area (Å²) in [6, 6.07) is 13.8. The van der Waals surface area contributed by atoms with Crippen molar-refractivity contribution in [2.75, 3.05) is 11.9 Å². The number of carbonyl (C=O) groups excluding carboxylic acids is 1. The minimum atomic E-state index is -0.181. The fourth-order valence-corrected chi connectivity index (χ4v) is 3.71. The van der Waals surface area contributed by atoms with Gasteiger partial charge < -0.3 is 5.32 Å². The monoisotopic (exact) mass is 417 g/mol. The van der Waals surface area contributed by atoms with Gasteiger partial charge in [-0.05, 0) is 76.4 Å². The fraction of sp³-hybridized carbons (Fsp3) is 0.320. The number of rotatable bonds is 5. The second-order valence-corrected chi connectivity index (χ2v) is 8.08. The fourth-order valence-electron chi connectivity index (χ4n) is 3.71. The predicted octanol–water partition coefficient (Wildman–Crippen LogP) is 4.40. The Morgan fingerprint density at radius 3 is 2.32 bits per heavy atom. The van der Waals surface area contributed by atoms with Gasteiger partial charge in [0.15, 0.2) is 0 Å². The highest BCUT2D eigenvalue weighted by Gasteiger charge is 2.12. The molecule has 6 nitrogen and oxygen atoms in total. The summed E-state index contributed by atoms with van der Waals surface area (Å²) in [7, 11) is 1.95. The minimum Gasteiger partial charge on any atom is -0.326 e. The van der Waals surface area contributed by atoms with E-state index in [1.165, 1.54) is 5.56 Å². The standard InChI is InChI=1S/C25H31N5O/c1-16-8-7-9-22(15-16)27-25(26-11-10-23-19(4)29-30(6)20(23)5)28-24(31)21-13-17(2)12-18(3)14-21/h7-9,12-15H,10-11H2,1-6H3,(H2,26,27,28,31). The van der Waals surface area contributed by atoms with Crippen LogP contribution in [0.15, 0.2) is 47.5 Å². The Labute approximate surface area is 184 Å². The number of hydrogen-bond donors (Lipinski definition) is 2. The van der Waals surface area contributed by atoms with Crippen molar-refractivity contribution in [3.63, 3.8) is 0 Å². The summed E-state index contributed by atoms with van der Waals surface area (Å²) in [5.74, 6) is 0.258. The molecule has 0 bridgehead atoms. The molecule has 162 valence electrons. The Morgan fingerprint density at radius 2 is 1.71 bits per heavy atom. The number of aryl methyl sites for hydroxylation is 5. The van der Waals surface area contributed by atoms with E-state index in [-0.39, 0.29) is 5.91 Å². The Morgan fingerprint density at radius 1 is 1.00 bits per heavy atom. The molecule has 2 N–H and O–H groups in total. The van der Waals surface area contributed by atoms with Gasteiger partial charge in [0, 0.05) is 30.5 Å². The smallest absolute Gasteiger partial charge is 0.257 e. The van der Waals surface area contributed by atoms with E-state index in [1.54, 1.807) is 0 Å². The topological polar surface area (TPSA) is 71.3 Å². The Bertz CT molecular complexity index is 1110. The van der Waals surface area contributed by atoms with Crippen molar-refractivity contribution >= 4 is 17.6 Å². The molecule has 0 unspecified atom stereocenters. The largest absolute Gasteiger partial charge is 0.326 e. The maximum Gasteiger partial charge on any atom is 0.257 e. The number of carbonyl (C=O) groups is 1. The molecule has 1 heterocycles. The van der Waals surface area contributed by atoms with E-state index < -0.39 is 0 Å². The van der Waals surface area contributed by atoms with E-state index in [1.807, 2.05) is 75.8 Å². The average molecular weight is 418 g/mol. The summed E-state index contributed by atoms with van der Waals surface area (Å²) in [6.07, 6.45) is 0.754. The summed E-state index contributed by atoms with van der Waals surface area (Å²) < 4.78 is 1.89. The number of amides is 1. The number of nitrogens with one attached hydrogen (secondary N) is 2. The molecule has 0 fully saturated rings. The van der Waals surface area contributed by atoms with E-state index in [2.05, 4.69) is 33.7 Å². The van der Waals surface area contributed by atoms with Crippen LogP contribution in [0.2, 0.25) is 0 Å². The third-order valence-electron chi connectivity index (χ3n) is 5.29. The van der Waals surface area contributed by atoms with Gasteiger partial charge in [-0.25, -0.2) is 0 Å². The van der Waals surface area contributed by atoms with Gasteiger partial charge >= 0.3 is 0 Å². The minimum absolute atomic E-state index is 0.181. The molecule has 0 radical (unpaired) electrons. The molecule has 3 aromatic rings. The van der Waals surface area contributed by atoms with Crippen LogP contribution in [-0.4, -0.2) is 28.2 Å². The van der Waals surface area contributed by atoms with Crippen molar-refractivity contribution in [2.45, 2.75) is 41.0 Å². The molecule has 0 spiro atoms. The van der Waals surface area contributed by atoms with E-state index in [4.69, 9.17) is 0 Å². The zero-order valence-electron chi connectivity index (χ0n) is 19.2. The SMILES string of the molecule is Cc1cccc(NC(=NCCc2c(C)nn(C)c2C)NC(=O)c2cc(C)cc(C)c2)c1. The summed E-state index contributed by atoms with van der Waals surface area (Å²) >= 11 is 0. The normalized spacial score (nSPS) is 11.5. The molecule has 1 amide bonds. The lowest BCUT2D eigenvalue weighted by atomic mass is 10.1. The molecular weight excluding hydrogens is 386 g/mol. The summed E-state index contributed by atoms with van der Waals surface area (Å²) in [4.78, 5) is 17.6. The van der Waals surface area contributed by atoms with E-state index in [9.17, 15) is 4.79 Å². The van der Waals surface area contributed by atoms with Crippen molar-refractivity contribution in [1.29, 1.82) is 0 Å². The van der Waals surface area contributed by atoms with Crippen molar-refractivity contribution in [2.24, 2.45) is 12.0 Å². The molecule has 0 aliphatic rings. The summed E-state index contributed by atoms with van der Waals surface area (Å²) in [5.41, 5.74) is 8.09. The maximum atomic E-state index is 12.9. The maximum absolute atomic E-state index is 12.9. The van der Waals surface area contributed by atoms with Gasteiger partial charge in [0.2, 0.25) is 5.96 Å². The molecule has 2 aromatic carbocycles. The summed E-state index contributed by atoms with van der Waals surface area (Å²) in [6.45, 7) is 10.6. The Kier molecular flexibility index (Phi) is 6.90. The molecule has 0 aliphatic heterocycles. The highest BCUT2D eigenvalue weighted by Crippen LogP contribution is 2.14. The molecule has 0 saturated heterocycles. The Hall–Kier alpha value is -3.41. The third kappa shape index (κ3) is 5.81. The molecule has 0 aliphatic carbocycles. The second-order valence-electron chi connectivity index (χ2n) is 8.08. The van der Waals surface area contributed by atoms with Gasteiger partial charge in [0.05, 0.1) is 5.69 Å². The van der Waals surface area contributed by atoms with Gasteiger partial charge in [0.1, 0.15) is 0 Å². The third-order valence-corrected chi connectivity index (χ3v) is 5.29. The highest BCUT2D eigenvalue weighted by atomic mass is 16.1. The molecule has 0 saturated carbocycles. The number of aromatic nitrogens is 2. The van der Waals surface area contributed by atoms with E-state index in [0.29, 0.717) is 18.1 Å². The van der Waals surface area contributed by atoms with Crippen LogP contribution < -0.4 is 10.6 Å². The van der Waals surface area contributed by atoms with E-state index >= 15 is 0 Å².